The van der Waals surface area contributed by atoms with Crippen molar-refractivity contribution in [1.82, 2.24) is 0 Å². The van der Waals surface area contributed by atoms with Crippen LogP contribution in [-0.2, 0) is 4.79 Å². The fourth-order valence-electron chi connectivity index (χ4n) is 3.46. The molecule has 0 aromatic heterocycles. The van der Waals surface area contributed by atoms with Gasteiger partial charge in [0.15, 0.2) is 0 Å². The molecule has 1 amide bonds. The quantitative estimate of drug-likeness (QED) is 0.877. The van der Waals surface area contributed by atoms with E-state index in [-0.39, 0.29) is 17.2 Å². The van der Waals surface area contributed by atoms with E-state index in [0.717, 1.165) is 18.5 Å². The average Bonchev–Trinajstić information content (AvgIpc) is 2.53. The summed E-state index contributed by atoms with van der Waals surface area (Å²) in [6.07, 6.45) is 1.79. The van der Waals surface area contributed by atoms with Crippen molar-refractivity contribution in [2.75, 3.05) is 5.32 Å². The maximum atomic E-state index is 12.1. The first-order valence-electron chi connectivity index (χ1n) is 6.90. The lowest BCUT2D eigenvalue weighted by atomic mass is 9.85. The lowest BCUT2D eigenvalue weighted by molar-refractivity contribution is -0.123. The lowest BCUT2D eigenvalue weighted by Gasteiger charge is -2.33. The average molecular weight is 260 g/mol. The van der Waals surface area contributed by atoms with Crippen molar-refractivity contribution in [1.29, 1.82) is 0 Å². The number of carbonyl (C=O) groups is 1. The summed E-state index contributed by atoms with van der Waals surface area (Å²) in [6, 6.07) is 8.11. The number of aryl methyl sites for hydroxylation is 1. The molecule has 1 saturated carbocycles. The number of hydrogen-bond acceptors (Lipinski definition) is 2. The van der Waals surface area contributed by atoms with Crippen LogP contribution < -0.4 is 11.1 Å². The second-order valence-corrected chi connectivity index (χ2v) is 6.77. The number of hydrogen-bond donors (Lipinski definition) is 2. The second-order valence-electron chi connectivity index (χ2n) is 6.77. The van der Waals surface area contributed by atoms with Crippen LogP contribution in [0.25, 0.3) is 0 Å². The second kappa shape index (κ2) is 4.55. The highest BCUT2D eigenvalue weighted by Crippen LogP contribution is 2.48. The van der Waals surface area contributed by atoms with E-state index in [1.54, 1.807) is 0 Å². The molecule has 0 bridgehead atoms. The Morgan fingerprint density at radius 2 is 1.89 bits per heavy atom. The first-order chi connectivity index (χ1) is 8.75. The molecule has 3 N–H and O–H groups in total. The fourth-order valence-corrected chi connectivity index (χ4v) is 3.46. The number of nitrogens with one attached hydrogen (secondary N) is 1. The molecule has 2 atom stereocenters. The number of nitrogens with two attached hydrogens (primary N) is 1. The Bertz CT molecular complexity index is 478. The lowest BCUT2D eigenvalue weighted by Crippen LogP contribution is -2.52. The zero-order valence-electron chi connectivity index (χ0n) is 12.3. The SMILES string of the molecule is Cc1ccc(NC2(C(N)=O)CC(C)(C)CC2C)cc1. The summed E-state index contributed by atoms with van der Waals surface area (Å²) < 4.78 is 0. The smallest absolute Gasteiger partial charge is 0.243 e. The van der Waals surface area contributed by atoms with E-state index < -0.39 is 5.54 Å². The van der Waals surface area contributed by atoms with Gasteiger partial charge in [-0.1, -0.05) is 38.5 Å². The number of benzene rings is 1. The minimum Gasteiger partial charge on any atom is -0.371 e. The molecule has 3 nitrogen and oxygen atoms in total. The van der Waals surface area contributed by atoms with Crippen LogP contribution in [0, 0.1) is 18.3 Å². The summed E-state index contributed by atoms with van der Waals surface area (Å²) in [6.45, 7) is 8.56. The summed E-state index contributed by atoms with van der Waals surface area (Å²) >= 11 is 0. The molecule has 1 aromatic carbocycles. The zero-order chi connectivity index (χ0) is 14.3. The van der Waals surface area contributed by atoms with Gasteiger partial charge >= 0.3 is 0 Å². The molecule has 0 aliphatic heterocycles. The van der Waals surface area contributed by atoms with E-state index >= 15 is 0 Å². The summed E-state index contributed by atoms with van der Waals surface area (Å²) in [4.78, 5) is 12.1. The highest BCUT2D eigenvalue weighted by molar-refractivity contribution is 5.89. The van der Waals surface area contributed by atoms with Gasteiger partial charge in [0.25, 0.3) is 0 Å². The molecular weight excluding hydrogens is 236 g/mol. The standard InChI is InChI=1S/C16H24N2O/c1-11-5-7-13(8-6-11)18-16(14(17)19)10-15(3,4)9-12(16)2/h5-8,12,18H,9-10H2,1-4H3,(H2,17,19). The summed E-state index contributed by atoms with van der Waals surface area (Å²) in [5.74, 6) is -0.00699. The van der Waals surface area contributed by atoms with Crippen molar-refractivity contribution >= 4 is 11.6 Å². The Morgan fingerprint density at radius 1 is 1.32 bits per heavy atom. The Hall–Kier alpha value is -1.51. The minimum atomic E-state index is -0.626. The number of rotatable bonds is 3. The van der Waals surface area contributed by atoms with Gasteiger partial charge in [-0.3, -0.25) is 4.79 Å². The summed E-state index contributed by atoms with van der Waals surface area (Å²) in [5.41, 5.74) is 7.41. The highest BCUT2D eigenvalue weighted by Gasteiger charge is 2.52. The molecule has 1 aliphatic rings. The van der Waals surface area contributed by atoms with Crippen molar-refractivity contribution in [2.45, 2.75) is 46.1 Å². The van der Waals surface area contributed by atoms with Crippen molar-refractivity contribution in [3.63, 3.8) is 0 Å². The van der Waals surface area contributed by atoms with E-state index in [1.807, 2.05) is 24.3 Å². The normalized spacial score (nSPS) is 29.2. The zero-order valence-corrected chi connectivity index (χ0v) is 12.3. The molecule has 2 rings (SSSR count). The third-order valence-corrected chi connectivity index (χ3v) is 4.32. The van der Waals surface area contributed by atoms with Crippen LogP contribution in [0.5, 0.6) is 0 Å². The molecular formula is C16H24N2O. The molecule has 1 aromatic rings. The Kier molecular flexibility index (Phi) is 3.33. The van der Waals surface area contributed by atoms with Crippen LogP contribution in [0.4, 0.5) is 5.69 Å². The monoisotopic (exact) mass is 260 g/mol. The van der Waals surface area contributed by atoms with Crippen molar-refractivity contribution in [3.05, 3.63) is 29.8 Å². The van der Waals surface area contributed by atoms with Gasteiger partial charge < -0.3 is 11.1 Å². The van der Waals surface area contributed by atoms with Gasteiger partial charge in [-0.15, -0.1) is 0 Å². The molecule has 0 heterocycles. The van der Waals surface area contributed by atoms with E-state index in [2.05, 4.69) is 33.0 Å². The number of primary amides is 1. The predicted octanol–water partition coefficient (Wildman–Crippen LogP) is 3.09. The van der Waals surface area contributed by atoms with E-state index in [9.17, 15) is 4.79 Å². The van der Waals surface area contributed by atoms with E-state index in [0.29, 0.717) is 0 Å². The van der Waals surface area contributed by atoms with Gasteiger partial charge in [0.05, 0.1) is 0 Å². The van der Waals surface area contributed by atoms with Crippen LogP contribution in [-0.4, -0.2) is 11.4 Å². The highest BCUT2D eigenvalue weighted by atomic mass is 16.1. The predicted molar refractivity (Wildman–Crippen MR) is 78.9 cm³/mol. The summed E-state index contributed by atoms with van der Waals surface area (Å²) in [7, 11) is 0. The minimum absolute atomic E-state index is 0.145. The molecule has 1 aliphatic carbocycles. The number of anilines is 1. The van der Waals surface area contributed by atoms with Crippen molar-refractivity contribution in [3.8, 4) is 0 Å². The van der Waals surface area contributed by atoms with Crippen LogP contribution in [0.1, 0.15) is 39.2 Å². The van der Waals surface area contributed by atoms with E-state index in [4.69, 9.17) is 5.73 Å². The first kappa shape index (κ1) is 13.9. The fraction of sp³-hybridized carbons (Fsp3) is 0.562. The van der Waals surface area contributed by atoms with Gasteiger partial charge in [-0.2, -0.15) is 0 Å². The topological polar surface area (TPSA) is 55.1 Å². The largest absolute Gasteiger partial charge is 0.371 e. The maximum absolute atomic E-state index is 12.1. The molecule has 0 saturated heterocycles. The molecule has 2 unspecified atom stereocenters. The maximum Gasteiger partial charge on any atom is 0.243 e. The molecule has 19 heavy (non-hydrogen) atoms. The van der Waals surface area contributed by atoms with E-state index in [1.165, 1.54) is 5.56 Å². The van der Waals surface area contributed by atoms with Crippen LogP contribution >= 0.6 is 0 Å². The van der Waals surface area contributed by atoms with Crippen LogP contribution in [0.2, 0.25) is 0 Å². The van der Waals surface area contributed by atoms with Gasteiger partial charge in [-0.25, -0.2) is 0 Å². The van der Waals surface area contributed by atoms with Gasteiger partial charge in [0, 0.05) is 5.69 Å². The first-order valence-corrected chi connectivity index (χ1v) is 6.90. The van der Waals surface area contributed by atoms with Crippen molar-refractivity contribution in [2.24, 2.45) is 17.1 Å². The van der Waals surface area contributed by atoms with Gasteiger partial charge in [0.2, 0.25) is 5.91 Å². The molecule has 3 heteroatoms. The van der Waals surface area contributed by atoms with Crippen LogP contribution in [0.15, 0.2) is 24.3 Å². The Morgan fingerprint density at radius 3 is 2.32 bits per heavy atom. The third kappa shape index (κ3) is 2.60. The van der Waals surface area contributed by atoms with Crippen LogP contribution in [0.3, 0.4) is 0 Å². The van der Waals surface area contributed by atoms with Gasteiger partial charge in [0.1, 0.15) is 5.54 Å². The molecule has 104 valence electrons. The molecule has 0 spiro atoms. The Balaban J connectivity index is 2.31. The molecule has 0 radical (unpaired) electrons. The summed E-state index contributed by atoms with van der Waals surface area (Å²) in [5, 5.41) is 3.41. The Labute approximate surface area is 115 Å². The number of carbonyl (C=O) groups excluding carboxylic acids is 1. The molecule has 1 fully saturated rings. The third-order valence-electron chi connectivity index (χ3n) is 4.32. The van der Waals surface area contributed by atoms with Gasteiger partial charge in [-0.05, 0) is 43.2 Å². The van der Waals surface area contributed by atoms with Crippen molar-refractivity contribution < 1.29 is 4.79 Å². The number of amides is 1.